The molecule has 0 heterocycles. The van der Waals surface area contributed by atoms with E-state index in [1.165, 1.54) is 17.8 Å². The van der Waals surface area contributed by atoms with Crippen LogP contribution in [-0.2, 0) is 0 Å². The van der Waals surface area contributed by atoms with Crippen LogP contribution >= 0.6 is 23.4 Å². The summed E-state index contributed by atoms with van der Waals surface area (Å²) in [6.45, 7) is 0. The fraction of sp³-hybridized carbons (Fsp3) is 0.0667. The highest BCUT2D eigenvalue weighted by Gasteiger charge is 2.00. The summed E-state index contributed by atoms with van der Waals surface area (Å²) in [5.41, 5.74) is 1.07. The van der Waals surface area contributed by atoms with Gasteiger partial charge in [0.2, 0.25) is 0 Å². The van der Waals surface area contributed by atoms with E-state index in [9.17, 15) is 5.11 Å². The molecular formula is C15H13ClO2S. The van der Waals surface area contributed by atoms with Crippen molar-refractivity contribution in [3.8, 4) is 11.5 Å². The summed E-state index contributed by atoms with van der Waals surface area (Å²) in [5.74, 6) is 1.03. The third kappa shape index (κ3) is 3.94. The molecule has 0 fully saturated rings. The topological polar surface area (TPSA) is 29.5 Å². The SMILES string of the molecule is COc1ccc(/C=C/Sc2ccc(Cl)cc2O)cc1. The molecule has 0 aromatic heterocycles. The van der Waals surface area contributed by atoms with Gasteiger partial charge in [-0.2, -0.15) is 0 Å². The van der Waals surface area contributed by atoms with Crippen LogP contribution in [0.15, 0.2) is 52.8 Å². The number of thioether (sulfide) groups is 1. The van der Waals surface area contributed by atoms with Gasteiger partial charge in [-0.25, -0.2) is 0 Å². The van der Waals surface area contributed by atoms with Crippen molar-refractivity contribution in [2.45, 2.75) is 4.90 Å². The Kier molecular flexibility index (Phi) is 4.77. The Morgan fingerprint density at radius 3 is 2.53 bits per heavy atom. The van der Waals surface area contributed by atoms with Crippen LogP contribution in [0.1, 0.15) is 5.56 Å². The van der Waals surface area contributed by atoms with Gasteiger partial charge in [-0.05, 0) is 47.4 Å². The average molecular weight is 293 g/mol. The number of benzene rings is 2. The van der Waals surface area contributed by atoms with Crippen molar-refractivity contribution >= 4 is 29.4 Å². The molecule has 0 amide bonds. The van der Waals surface area contributed by atoms with Crippen molar-refractivity contribution in [2.75, 3.05) is 7.11 Å². The van der Waals surface area contributed by atoms with Crippen molar-refractivity contribution in [1.82, 2.24) is 0 Å². The first-order chi connectivity index (χ1) is 9.19. The van der Waals surface area contributed by atoms with Crippen LogP contribution in [0.5, 0.6) is 11.5 Å². The summed E-state index contributed by atoms with van der Waals surface area (Å²) in [6.07, 6.45) is 1.97. The van der Waals surface area contributed by atoms with Crippen LogP contribution in [0.4, 0.5) is 0 Å². The predicted octanol–water partition coefficient (Wildman–Crippen LogP) is 4.82. The maximum Gasteiger partial charge on any atom is 0.130 e. The molecule has 0 spiro atoms. The fourth-order valence-electron chi connectivity index (χ4n) is 1.49. The maximum atomic E-state index is 9.70. The molecule has 0 atom stereocenters. The van der Waals surface area contributed by atoms with Crippen LogP contribution in [0.2, 0.25) is 5.02 Å². The molecule has 0 saturated heterocycles. The van der Waals surface area contributed by atoms with Gasteiger partial charge < -0.3 is 9.84 Å². The van der Waals surface area contributed by atoms with Crippen molar-refractivity contribution in [3.63, 3.8) is 0 Å². The van der Waals surface area contributed by atoms with Crippen LogP contribution < -0.4 is 4.74 Å². The number of phenolic OH excluding ortho intramolecular Hbond substituents is 1. The number of rotatable bonds is 4. The Morgan fingerprint density at radius 2 is 1.89 bits per heavy atom. The molecule has 2 rings (SSSR count). The highest BCUT2D eigenvalue weighted by atomic mass is 35.5. The molecule has 0 bridgehead atoms. The van der Waals surface area contributed by atoms with E-state index in [0.717, 1.165) is 16.2 Å². The van der Waals surface area contributed by atoms with Gasteiger partial charge in [-0.15, -0.1) is 0 Å². The van der Waals surface area contributed by atoms with Crippen molar-refractivity contribution in [3.05, 3.63) is 58.5 Å². The van der Waals surface area contributed by atoms with Crippen LogP contribution in [0.25, 0.3) is 6.08 Å². The van der Waals surface area contributed by atoms with E-state index >= 15 is 0 Å². The van der Waals surface area contributed by atoms with Gasteiger partial charge in [0.1, 0.15) is 11.5 Å². The third-order valence-corrected chi connectivity index (χ3v) is 3.60. The second-order valence-electron chi connectivity index (χ2n) is 3.81. The summed E-state index contributed by atoms with van der Waals surface area (Å²) < 4.78 is 5.10. The van der Waals surface area contributed by atoms with Gasteiger partial charge in [-0.3, -0.25) is 0 Å². The van der Waals surface area contributed by atoms with Gasteiger partial charge in [0.25, 0.3) is 0 Å². The Balaban J connectivity index is 2.02. The van der Waals surface area contributed by atoms with Crippen molar-refractivity contribution in [2.24, 2.45) is 0 Å². The van der Waals surface area contributed by atoms with Crippen LogP contribution in [-0.4, -0.2) is 12.2 Å². The molecule has 0 saturated carbocycles. The summed E-state index contributed by atoms with van der Waals surface area (Å²) in [7, 11) is 1.64. The molecule has 19 heavy (non-hydrogen) atoms. The Morgan fingerprint density at radius 1 is 1.16 bits per heavy atom. The lowest BCUT2D eigenvalue weighted by molar-refractivity contribution is 0.415. The van der Waals surface area contributed by atoms with Crippen LogP contribution in [0.3, 0.4) is 0 Å². The molecule has 0 radical (unpaired) electrons. The number of phenols is 1. The average Bonchev–Trinajstić information content (AvgIpc) is 2.42. The quantitative estimate of drug-likeness (QED) is 0.820. The minimum Gasteiger partial charge on any atom is -0.507 e. The lowest BCUT2D eigenvalue weighted by Crippen LogP contribution is -1.81. The smallest absolute Gasteiger partial charge is 0.130 e. The molecule has 98 valence electrons. The highest BCUT2D eigenvalue weighted by molar-refractivity contribution is 8.02. The second-order valence-corrected chi connectivity index (χ2v) is 5.19. The van der Waals surface area contributed by atoms with Crippen molar-refractivity contribution < 1.29 is 9.84 Å². The molecule has 0 aliphatic heterocycles. The molecule has 0 unspecified atom stereocenters. The van der Waals surface area contributed by atoms with Crippen LogP contribution in [0, 0.1) is 0 Å². The monoisotopic (exact) mass is 292 g/mol. The van der Waals surface area contributed by atoms with Crippen molar-refractivity contribution in [1.29, 1.82) is 0 Å². The van der Waals surface area contributed by atoms with E-state index in [4.69, 9.17) is 16.3 Å². The van der Waals surface area contributed by atoms with Gasteiger partial charge >= 0.3 is 0 Å². The molecule has 0 aliphatic carbocycles. The van der Waals surface area contributed by atoms with Gasteiger partial charge in [0.15, 0.2) is 0 Å². The predicted molar refractivity (Wildman–Crippen MR) is 81.0 cm³/mol. The molecule has 2 aromatic carbocycles. The molecule has 2 aromatic rings. The lowest BCUT2D eigenvalue weighted by atomic mass is 10.2. The molecule has 1 N–H and O–H groups in total. The standard InChI is InChI=1S/C15H13ClO2S/c1-18-13-5-2-11(3-6-13)8-9-19-15-7-4-12(16)10-14(15)17/h2-10,17H,1H3/b9-8+. The molecular weight excluding hydrogens is 280 g/mol. The number of ether oxygens (including phenoxy) is 1. The fourth-order valence-corrected chi connectivity index (χ4v) is 2.36. The highest BCUT2D eigenvalue weighted by Crippen LogP contribution is 2.31. The third-order valence-electron chi connectivity index (χ3n) is 2.49. The van der Waals surface area contributed by atoms with E-state index < -0.39 is 0 Å². The van der Waals surface area contributed by atoms with Gasteiger partial charge in [0.05, 0.1) is 12.0 Å². The second kappa shape index (κ2) is 6.55. The normalized spacial score (nSPS) is 10.8. The first-order valence-corrected chi connectivity index (χ1v) is 6.90. The summed E-state index contributed by atoms with van der Waals surface area (Å²) in [4.78, 5) is 0.772. The number of hydrogen-bond donors (Lipinski definition) is 1. The zero-order valence-corrected chi connectivity index (χ0v) is 11.9. The largest absolute Gasteiger partial charge is 0.507 e. The number of methoxy groups -OCH3 is 1. The van der Waals surface area contributed by atoms with E-state index in [2.05, 4.69) is 0 Å². The summed E-state index contributed by atoms with van der Waals surface area (Å²) >= 11 is 7.22. The number of hydrogen-bond acceptors (Lipinski definition) is 3. The summed E-state index contributed by atoms with van der Waals surface area (Å²) in [5, 5.41) is 12.2. The van der Waals surface area contributed by atoms with E-state index in [1.54, 1.807) is 19.2 Å². The number of halogens is 1. The Labute approximate surface area is 121 Å². The first-order valence-electron chi connectivity index (χ1n) is 5.65. The van der Waals surface area contributed by atoms with Gasteiger partial charge in [-0.1, -0.05) is 35.5 Å². The van der Waals surface area contributed by atoms with E-state index in [-0.39, 0.29) is 5.75 Å². The first kappa shape index (κ1) is 13.8. The zero-order valence-electron chi connectivity index (χ0n) is 10.3. The van der Waals surface area contributed by atoms with E-state index in [1.807, 2.05) is 35.7 Å². The molecule has 0 aliphatic rings. The Bertz CT molecular complexity index is 579. The maximum absolute atomic E-state index is 9.70. The van der Waals surface area contributed by atoms with E-state index in [0.29, 0.717) is 5.02 Å². The minimum absolute atomic E-state index is 0.192. The zero-order chi connectivity index (χ0) is 13.7. The molecule has 4 heteroatoms. The number of aromatic hydroxyl groups is 1. The Hall–Kier alpha value is -1.58. The van der Waals surface area contributed by atoms with Gasteiger partial charge in [0, 0.05) is 5.02 Å². The molecule has 2 nitrogen and oxygen atoms in total. The lowest BCUT2D eigenvalue weighted by Gasteiger charge is -2.01. The minimum atomic E-state index is 0.192. The summed E-state index contributed by atoms with van der Waals surface area (Å²) in [6, 6.07) is 12.8.